The van der Waals surface area contributed by atoms with Crippen molar-refractivity contribution < 1.29 is 4.74 Å². The van der Waals surface area contributed by atoms with Gasteiger partial charge in [0.05, 0.1) is 29.0 Å². The summed E-state index contributed by atoms with van der Waals surface area (Å²) in [7, 11) is 6.17. The quantitative estimate of drug-likeness (QED) is 0.444. The van der Waals surface area contributed by atoms with Crippen LogP contribution in [0.15, 0.2) is 46.7 Å². The molecule has 1 unspecified atom stereocenters. The normalized spacial score (nSPS) is 15.7. The van der Waals surface area contributed by atoms with Gasteiger partial charge in [-0.05, 0) is 63.3 Å². The Kier molecular flexibility index (Phi) is 5.13. The van der Waals surface area contributed by atoms with E-state index in [1.54, 1.807) is 11.3 Å². The number of aromatic nitrogens is 3. The molecule has 0 spiro atoms. The van der Waals surface area contributed by atoms with E-state index in [1.165, 1.54) is 11.9 Å². The van der Waals surface area contributed by atoms with E-state index >= 15 is 0 Å². The van der Waals surface area contributed by atoms with Crippen LogP contribution in [-0.2, 0) is 13.6 Å². The smallest absolute Gasteiger partial charge is 0.193 e. The predicted molar refractivity (Wildman–Crippen MR) is 128 cm³/mol. The summed E-state index contributed by atoms with van der Waals surface area (Å²) in [6, 6.07) is 12.3. The maximum atomic E-state index is 6.02. The van der Waals surface area contributed by atoms with Gasteiger partial charge in [0.1, 0.15) is 11.6 Å². The molecule has 7 nitrogen and oxygen atoms in total. The highest BCUT2D eigenvalue weighted by molar-refractivity contribution is 7.97. The van der Waals surface area contributed by atoms with Crippen molar-refractivity contribution in [2.45, 2.75) is 24.6 Å². The van der Waals surface area contributed by atoms with Crippen LogP contribution in [0, 0.1) is 0 Å². The number of imidazole rings is 1. The van der Waals surface area contributed by atoms with Gasteiger partial charge in [-0.1, -0.05) is 6.07 Å². The molecule has 5 rings (SSSR count). The molecule has 0 aliphatic carbocycles. The number of hydrogen-bond donors (Lipinski definition) is 1. The summed E-state index contributed by atoms with van der Waals surface area (Å²) in [5.41, 5.74) is 5.10. The second kappa shape index (κ2) is 7.83. The lowest BCUT2D eigenvalue weighted by atomic mass is 10.1. The number of nitrogens with two attached hydrogens (primary N) is 1. The summed E-state index contributed by atoms with van der Waals surface area (Å²) < 4.78 is 8.17. The Morgan fingerprint density at radius 2 is 2.03 bits per heavy atom. The maximum Gasteiger partial charge on any atom is 0.193 e. The first-order valence-electron chi connectivity index (χ1n) is 9.97. The van der Waals surface area contributed by atoms with E-state index in [4.69, 9.17) is 19.8 Å². The number of hydrogen-bond acceptors (Lipinski definition) is 8. The molecule has 4 aromatic rings. The fourth-order valence-electron chi connectivity index (χ4n) is 3.89. The number of aryl methyl sites for hydroxylation is 1. The summed E-state index contributed by atoms with van der Waals surface area (Å²) >= 11 is 2.84. The molecule has 0 amide bonds. The van der Waals surface area contributed by atoms with Gasteiger partial charge in [0.2, 0.25) is 0 Å². The molecule has 31 heavy (non-hydrogen) atoms. The number of ether oxygens (including phenoxy) is 1. The van der Waals surface area contributed by atoms with Crippen molar-refractivity contribution in [3.8, 4) is 17.0 Å². The zero-order chi connectivity index (χ0) is 21.7. The maximum absolute atomic E-state index is 6.02. The van der Waals surface area contributed by atoms with E-state index in [0.29, 0.717) is 0 Å². The molecular formula is C22H24N6OS2. The van der Waals surface area contributed by atoms with Crippen LogP contribution < -0.4 is 14.8 Å². The SMILES string of the molecule is CC1Oc2ccc(SN)cc2N1c1nc(-c2ccc3c(c2)nc(CN(C)C)n3C)cs1. The molecule has 0 saturated heterocycles. The summed E-state index contributed by atoms with van der Waals surface area (Å²) in [5.74, 6) is 1.90. The first kappa shape index (κ1) is 20.3. The molecule has 2 N–H and O–H groups in total. The van der Waals surface area contributed by atoms with Gasteiger partial charge < -0.3 is 14.2 Å². The van der Waals surface area contributed by atoms with E-state index in [9.17, 15) is 0 Å². The fourth-order valence-corrected chi connectivity index (χ4v) is 5.13. The Labute approximate surface area is 189 Å². The molecule has 1 aliphatic rings. The van der Waals surface area contributed by atoms with Gasteiger partial charge in [-0.2, -0.15) is 0 Å². The molecule has 1 aliphatic heterocycles. The third-order valence-electron chi connectivity index (χ3n) is 5.41. The van der Waals surface area contributed by atoms with Crippen molar-refractivity contribution in [1.29, 1.82) is 0 Å². The summed E-state index contributed by atoms with van der Waals surface area (Å²) in [6.07, 6.45) is -0.126. The molecular weight excluding hydrogens is 428 g/mol. The minimum atomic E-state index is -0.126. The van der Waals surface area contributed by atoms with Crippen LogP contribution in [0.2, 0.25) is 0 Å². The summed E-state index contributed by atoms with van der Waals surface area (Å²) in [6.45, 7) is 2.83. The van der Waals surface area contributed by atoms with E-state index in [1.807, 2.05) is 19.1 Å². The van der Waals surface area contributed by atoms with Crippen LogP contribution in [0.4, 0.5) is 10.8 Å². The van der Waals surface area contributed by atoms with Gasteiger partial charge in [-0.25, -0.2) is 9.97 Å². The van der Waals surface area contributed by atoms with Crippen LogP contribution in [0.25, 0.3) is 22.3 Å². The number of fused-ring (bicyclic) bond motifs is 2. The molecule has 0 radical (unpaired) electrons. The van der Waals surface area contributed by atoms with Crippen LogP contribution in [0.1, 0.15) is 12.7 Å². The van der Waals surface area contributed by atoms with Crippen LogP contribution in [0.5, 0.6) is 5.75 Å². The second-order valence-corrected chi connectivity index (χ2v) is 9.42. The van der Waals surface area contributed by atoms with Gasteiger partial charge >= 0.3 is 0 Å². The number of rotatable bonds is 5. The van der Waals surface area contributed by atoms with Gasteiger partial charge in [0.15, 0.2) is 11.4 Å². The molecule has 0 bridgehead atoms. The van der Waals surface area contributed by atoms with Crippen LogP contribution >= 0.6 is 23.3 Å². The van der Waals surface area contributed by atoms with Crippen molar-refractivity contribution in [2.24, 2.45) is 12.2 Å². The lowest BCUT2D eigenvalue weighted by Gasteiger charge is -2.19. The van der Waals surface area contributed by atoms with E-state index in [0.717, 1.165) is 56.1 Å². The Bertz CT molecular complexity index is 1260. The Morgan fingerprint density at radius 3 is 2.81 bits per heavy atom. The van der Waals surface area contributed by atoms with E-state index < -0.39 is 0 Å². The largest absolute Gasteiger partial charge is 0.468 e. The standard InChI is InChI=1S/C22H24N6OS2/c1-13-28(19-10-15(31-23)6-8-20(19)29-13)22-25-17(12-30-22)14-5-7-18-16(9-14)24-21(27(18)4)11-26(2)3/h5-10,12-13H,11,23H2,1-4H3. The van der Waals surface area contributed by atoms with Crippen molar-refractivity contribution in [1.82, 2.24) is 19.4 Å². The molecule has 0 fully saturated rings. The lowest BCUT2D eigenvalue weighted by Crippen LogP contribution is -2.26. The lowest BCUT2D eigenvalue weighted by molar-refractivity contribution is 0.256. The van der Waals surface area contributed by atoms with Crippen LogP contribution in [0.3, 0.4) is 0 Å². The molecule has 3 heterocycles. The molecule has 1 atom stereocenters. The molecule has 160 valence electrons. The van der Waals surface area contributed by atoms with Crippen LogP contribution in [-0.4, -0.2) is 39.8 Å². The molecule has 2 aromatic heterocycles. The highest BCUT2D eigenvalue weighted by atomic mass is 32.2. The van der Waals surface area contributed by atoms with Gasteiger partial charge in [-0.3, -0.25) is 10.0 Å². The fraction of sp³-hybridized carbons (Fsp3) is 0.273. The third kappa shape index (κ3) is 3.57. The monoisotopic (exact) mass is 452 g/mol. The van der Waals surface area contributed by atoms with Gasteiger partial charge in [0, 0.05) is 22.9 Å². The number of nitrogens with zero attached hydrogens (tertiary/aromatic N) is 5. The van der Waals surface area contributed by atoms with E-state index in [2.05, 4.69) is 65.2 Å². The zero-order valence-electron chi connectivity index (χ0n) is 17.9. The minimum Gasteiger partial charge on any atom is -0.468 e. The highest BCUT2D eigenvalue weighted by Crippen LogP contribution is 2.45. The summed E-state index contributed by atoms with van der Waals surface area (Å²) in [5, 5.41) is 8.75. The molecule has 2 aromatic carbocycles. The first-order valence-corrected chi connectivity index (χ1v) is 11.7. The topological polar surface area (TPSA) is 72.4 Å². The van der Waals surface area contributed by atoms with Crippen molar-refractivity contribution in [3.63, 3.8) is 0 Å². The van der Waals surface area contributed by atoms with Crippen molar-refractivity contribution >= 4 is 45.1 Å². The van der Waals surface area contributed by atoms with Crippen molar-refractivity contribution in [3.05, 3.63) is 47.6 Å². The Hall–Kier alpha value is -2.59. The second-order valence-electron chi connectivity index (χ2n) is 7.88. The van der Waals surface area contributed by atoms with Gasteiger partial charge in [0.25, 0.3) is 0 Å². The Morgan fingerprint density at radius 1 is 1.19 bits per heavy atom. The van der Waals surface area contributed by atoms with Crippen molar-refractivity contribution in [2.75, 3.05) is 19.0 Å². The minimum absolute atomic E-state index is 0.126. The average Bonchev–Trinajstić information content (AvgIpc) is 3.42. The highest BCUT2D eigenvalue weighted by Gasteiger charge is 2.31. The predicted octanol–water partition coefficient (Wildman–Crippen LogP) is 4.60. The number of anilines is 2. The molecule has 9 heteroatoms. The zero-order valence-corrected chi connectivity index (χ0v) is 19.5. The number of thiazole rings is 1. The number of benzene rings is 2. The summed E-state index contributed by atoms with van der Waals surface area (Å²) in [4.78, 5) is 15.0. The molecule has 0 saturated carbocycles. The van der Waals surface area contributed by atoms with E-state index in [-0.39, 0.29) is 6.23 Å². The first-order chi connectivity index (χ1) is 14.9. The average molecular weight is 453 g/mol. The Balaban J connectivity index is 1.49. The third-order valence-corrected chi connectivity index (χ3v) is 6.78. The van der Waals surface area contributed by atoms with Gasteiger partial charge in [-0.15, -0.1) is 11.3 Å².